The fourth-order valence-corrected chi connectivity index (χ4v) is 2.62. The van der Waals surface area contributed by atoms with E-state index in [4.69, 9.17) is 16.3 Å². The summed E-state index contributed by atoms with van der Waals surface area (Å²) in [6.45, 7) is 5.54. The molecule has 0 bridgehead atoms. The molecule has 2 N–H and O–H groups in total. The highest BCUT2D eigenvalue weighted by Crippen LogP contribution is 2.28. The van der Waals surface area contributed by atoms with Crippen molar-refractivity contribution in [1.82, 2.24) is 4.98 Å². The number of fused-ring (bicyclic) bond motifs is 1. The van der Waals surface area contributed by atoms with E-state index in [2.05, 4.69) is 9.38 Å². The van der Waals surface area contributed by atoms with Gasteiger partial charge in [0.1, 0.15) is 11.3 Å². The molecule has 7 heteroatoms. The van der Waals surface area contributed by atoms with Crippen molar-refractivity contribution in [3.8, 4) is 5.75 Å². The van der Waals surface area contributed by atoms with E-state index in [1.807, 2.05) is 20.8 Å². The van der Waals surface area contributed by atoms with E-state index in [0.29, 0.717) is 21.9 Å². The fraction of sp³-hybridized carbons (Fsp3) is 0.333. The van der Waals surface area contributed by atoms with E-state index in [1.165, 1.54) is 13.3 Å². The second-order valence-electron chi connectivity index (χ2n) is 5.77. The van der Waals surface area contributed by atoms with Gasteiger partial charge in [-0.3, -0.25) is 4.79 Å². The molecule has 1 aromatic heterocycles. The molecule has 0 fully saturated rings. The summed E-state index contributed by atoms with van der Waals surface area (Å²) in [4.78, 5) is 14.8. The summed E-state index contributed by atoms with van der Waals surface area (Å²) in [6.07, 6.45) is 1.46. The Balaban J connectivity index is 2.49. The molecular formula is C15H18ClN2O3S+. The lowest BCUT2D eigenvalue weighted by molar-refractivity contribution is -0.252. The molecule has 0 aliphatic carbocycles. The molecule has 0 aliphatic heterocycles. The summed E-state index contributed by atoms with van der Waals surface area (Å²) in [5.74, 6) is 0.494. The maximum atomic E-state index is 12.1. The van der Waals surface area contributed by atoms with Crippen LogP contribution in [0.25, 0.3) is 10.9 Å². The Morgan fingerprint density at radius 3 is 2.59 bits per heavy atom. The average Bonchev–Trinajstić information content (AvgIpc) is 2.43. The molecule has 1 heterocycles. The quantitative estimate of drug-likeness (QED) is 0.823. The summed E-state index contributed by atoms with van der Waals surface area (Å²) in [6, 6.07) is 5.07. The van der Waals surface area contributed by atoms with Gasteiger partial charge in [0.15, 0.2) is 6.21 Å². The minimum atomic E-state index is -1.29. The Kier molecular flexibility index (Phi) is 4.72. The second kappa shape index (κ2) is 6.22. The third-order valence-electron chi connectivity index (χ3n) is 3.02. The van der Waals surface area contributed by atoms with Crippen molar-refractivity contribution in [1.29, 1.82) is 0 Å². The van der Waals surface area contributed by atoms with Crippen LogP contribution in [-0.4, -0.2) is 27.3 Å². The van der Waals surface area contributed by atoms with E-state index in [1.54, 1.807) is 18.2 Å². The molecule has 1 aromatic carbocycles. The highest BCUT2D eigenvalue weighted by molar-refractivity contribution is 7.79. The number of halogens is 1. The number of rotatable bonds is 3. The van der Waals surface area contributed by atoms with E-state index in [-0.39, 0.29) is 5.56 Å². The monoisotopic (exact) mass is 341 g/mol. The molecule has 5 nitrogen and oxygen atoms in total. The van der Waals surface area contributed by atoms with Gasteiger partial charge in [0, 0.05) is 11.5 Å². The van der Waals surface area contributed by atoms with Crippen LogP contribution >= 0.6 is 11.6 Å². The van der Waals surface area contributed by atoms with Crippen LogP contribution in [0.5, 0.6) is 5.75 Å². The first-order valence-electron chi connectivity index (χ1n) is 6.64. The van der Waals surface area contributed by atoms with Crippen molar-refractivity contribution >= 4 is 39.7 Å². The highest BCUT2D eigenvalue weighted by Gasteiger charge is 2.24. The molecule has 0 saturated heterocycles. The van der Waals surface area contributed by atoms with Crippen LogP contribution in [0.4, 0.5) is 0 Å². The summed E-state index contributed by atoms with van der Waals surface area (Å²) >= 11 is 6.09. The van der Waals surface area contributed by atoms with Gasteiger partial charge >= 0.3 is 0 Å². The van der Waals surface area contributed by atoms with Gasteiger partial charge in [0.2, 0.25) is 0 Å². The Morgan fingerprint density at radius 2 is 2.00 bits per heavy atom. The van der Waals surface area contributed by atoms with Gasteiger partial charge in [-0.05, 0) is 32.9 Å². The standard InChI is InChI=1S/C15H17ClN2O3S/c1-15(2,3)22(20)17-8-10-5-9-6-11(16)13(21-4)7-12(9)18-14(10)19/h5-8H,1-4H3,(H,18,19)/p+1/b17-8+. The number of hydrogen-bond donors (Lipinski definition) is 2. The average molecular weight is 342 g/mol. The number of methoxy groups -OCH3 is 1. The van der Waals surface area contributed by atoms with Crippen LogP contribution in [0.1, 0.15) is 26.3 Å². The smallest absolute Gasteiger partial charge is 0.285 e. The number of aromatic amines is 1. The largest absolute Gasteiger partial charge is 0.495 e. The first-order valence-corrected chi connectivity index (χ1v) is 8.17. The number of benzene rings is 1. The van der Waals surface area contributed by atoms with Gasteiger partial charge in [-0.25, -0.2) is 0 Å². The molecule has 1 unspecified atom stereocenters. The van der Waals surface area contributed by atoms with Crippen LogP contribution in [0.15, 0.2) is 23.0 Å². The maximum Gasteiger partial charge on any atom is 0.285 e. The predicted molar refractivity (Wildman–Crippen MR) is 90.2 cm³/mol. The summed E-state index contributed by atoms with van der Waals surface area (Å²) < 4.78 is 19.4. The van der Waals surface area contributed by atoms with Crippen LogP contribution < -0.4 is 14.7 Å². The summed E-state index contributed by atoms with van der Waals surface area (Å²) in [7, 11) is 0.219. The molecule has 0 amide bonds. The van der Waals surface area contributed by atoms with Crippen LogP contribution in [0, 0.1) is 0 Å². The lowest BCUT2D eigenvalue weighted by Crippen LogP contribution is -2.74. The molecular weight excluding hydrogens is 324 g/mol. The molecule has 118 valence electrons. The van der Waals surface area contributed by atoms with Gasteiger partial charge < -0.3 is 9.72 Å². The summed E-state index contributed by atoms with van der Waals surface area (Å²) in [5.41, 5.74) is 0.724. The van der Waals surface area contributed by atoms with Gasteiger partial charge in [-0.2, -0.15) is 8.61 Å². The molecule has 2 rings (SSSR count). The first kappa shape index (κ1) is 16.7. The molecule has 0 radical (unpaired) electrons. The zero-order valence-electron chi connectivity index (χ0n) is 12.8. The Bertz CT molecular complexity index is 822. The van der Waals surface area contributed by atoms with Crippen molar-refractivity contribution < 1.29 is 13.3 Å². The van der Waals surface area contributed by atoms with E-state index < -0.39 is 15.7 Å². The first-order chi connectivity index (χ1) is 10.2. The van der Waals surface area contributed by atoms with E-state index in [0.717, 1.165) is 5.39 Å². The van der Waals surface area contributed by atoms with Crippen LogP contribution in [0.3, 0.4) is 0 Å². The molecule has 1 atom stereocenters. The van der Waals surface area contributed by atoms with Gasteiger partial charge in [0.25, 0.3) is 16.5 Å². The lowest BCUT2D eigenvalue weighted by Gasteiger charge is -2.07. The second-order valence-corrected chi connectivity index (χ2v) is 8.18. The van der Waals surface area contributed by atoms with Gasteiger partial charge in [0.05, 0.1) is 22.4 Å². The van der Waals surface area contributed by atoms with Gasteiger partial charge in [-0.1, -0.05) is 11.6 Å². The fourth-order valence-electron chi connectivity index (χ4n) is 1.78. The Morgan fingerprint density at radius 1 is 1.32 bits per heavy atom. The van der Waals surface area contributed by atoms with Gasteiger partial charge in [-0.15, -0.1) is 0 Å². The SMILES string of the molecule is COc1cc2[nH]c(=O)c(/C=[NH+]/S(=O)C(C)(C)C)cc2cc1Cl. The molecule has 0 aliphatic rings. The Labute approximate surface area is 136 Å². The molecule has 0 spiro atoms. The number of ether oxygens (including phenoxy) is 1. The zero-order valence-corrected chi connectivity index (χ0v) is 14.4. The third kappa shape index (κ3) is 3.56. The van der Waals surface area contributed by atoms with Crippen LogP contribution in [0.2, 0.25) is 5.02 Å². The summed E-state index contributed by atoms with van der Waals surface area (Å²) in [5, 5.41) is 1.22. The van der Waals surface area contributed by atoms with E-state index >= 15 is 0 Å². The topological polar surface area (TPSA) is 73.1 Å². The van der Waals surface area contributed by atoms with Crippen molar-refractivity contribution in [3.05, 3.63) is 39.1 Å². The minimum absolute atomic E-state index is 0.282. The van der Waals surface area contributed by atoms with Crippen molar-refractivity contribution in [2.75, 3.05) is 7.11 Å². The van der Waals surface area contributed by atoms with Crippen LogP contribution in [-0.2, 0) is 11.0 Å². The minimum Gasteiger partial charge on any atom is -0.495 e. The van der Waals surface area contributed by atoms with Crippen molar-refractivity contribution in [2.24, 2.45) is 0 Å². The van der Waals surface area contributed by atoms with Crippen molar-refractivity contribution in [3.63, 3.8) is 0 Å². The lowest BCUT2D eigenvalue weighted by atomic mass is 10.1. The maximum absolute atomic E-state index is 12.1. The number of hydrogen-bond acceptors (Lipinski definition) is 3. The molecule has 22 heavy (non-hydrogen) atoms. The number of nitrogens with one attached hydrogen (secondary N) is 2. The number of pyridine rings is 1. The predicted octanol–water partition coefficient (Wildman–Crippen LogP) is 1.15. The normalized spacial score (nSPS) is 13.7. The third-order valence-corrected chi connectivity index (χ3v) is 4.76. The van der Waals surface area contributed by atoms with Crippen molar-refractivity contribution in [2.45, 2.75) is 25.5 Å². The number of aromatic nitrogens is 1. The molecule has 2 aromatic rings. The molecule has 0 saturated carbocycles. The highest BCUT2D eigenvalue weighted by atomic mass is 35.5. The Hall–Kier alpha value is -1.66. The van der Waals surface area contributed by atoms with E-state index in [9.17, 15) is 9.00 Å². The zero-order chi connectivity index (χ0) is 16.5. The number of H-pyrrole nitrogens is 1.